The van der Waals surface area contributed by atoms with Gasteiger partial charge < -0.3 is 10.4 Å². The summed E-state index contributed by atoms with van der Waals surface area (Å²) in [6.07, 6.45) is 3.38. The van der Waals surface area contributed by atoms with E-state index in [1.54, 1.807) is 19.1 Å². The molecule has 6 nitrogen and oxygen atoms in total. The average molecular weight is 263 g/mol. The van der Waals surface area contributed by atoms with Crippen LogP contribution in [0.15, 0.2) is 12.2 Å². The van der Waals surface area contributed by atoms with Gasteiger partial charge in [-0.25, -0.2) is 13.2 Å². The molecule has 0 bridgehead atoms. The monoisotopic (exact) mass is 263 g/mol. The van der Waals surface area contributed by atoms with Crippen molar-refractivity contribution >= 4 is 21.7 Å². The van der Waals surface area contributed by atoms with Crippen LogP contribution in [0.3, 0.4) is 0 Å². The summed E-state index contributed by atoms with van der Waals surface area (Å²) in [6, 6.07) is -1.09. The highest BCUT2D eigenvalue weighted by molar-refractivity contribution is 7.92. The topological polar surface area (TPSA) is 101 Å². The highest BCUT2D eigenvalue weighted by atomic mass is 32.2. The minimum atomic E-state index is -3.43. The molecule has 0 aromatic heterocycles. The van der Waals surface area contributed by atoms with Crippen molar-refractivity contribution in [2.45, 2.75) is 26.3 Å². The normalized spacial score (nSPS) is 13.5. The van der Waals surface area contributed by atoms with Gasteiger partial charge in [0.1, 0.15) is 11.8 Å². The molecule has 0 rings (SSSR count). The molecule has 0 heterocycles. The number of carbonyl (C=O) groups is 2. The van der Waals surface area contributed by atoms with Crippen LogP contribution in [-0.2, 0) is 19.4 Å². The van der Waals surface area contributed by atoms with E-state index in [0.29, 0.717) is 0 Å². The summed E-state index contributed by atoms with van der Waals surface area (Å²) >= 11 is 0. The van der Waals surface area contributed by atoms with Crippen LogP contribution >= 0.6 is 0 Å². The van der Waals surface area contributed by atoms with Crippen LogP contribution in [0.5, 0.6) is 0 Å². The van der Waals surface area contributed by atoms with E-state index in [1.165, 1.54) is 6.92 Å². The van der Waals surface area contributed by atoms with Crippen LogP contribution in [0, 0.1) is 0 Å². The molecule has 0 spiro atoms. The number of nitrogens with one attached hydrogen (secondary N) is 1. The number of hydrogen-bond acceptors (Lipinski definition) is 4. The molecule has 17 heavy (non-hydrogen) atoms. The highest BCUT2D eigenvalue weighted by Crippen LogP contribution is 1.96. The zero-order valence-electron chi connectivity index (χ0n) is 9.84. The maximum atomic E-state index is 11.3. The third-order valence-electron chi connectivity index (χ3n) is 2.03. The fourth-order valence-corrected chi connectivity index (χ4v) is 1.72. The van der Waals surface area contributed by atoms with E-state index < -0.39 is 33.5 Å². The lowest BCUT2D eigenvalue weighted by molar-refractivity contribution is -0.141. The van der Waals surface area contributed by atoms with Crippen LogP contribution < -0.4 is 5.32 Å². The molecule has 1 amide bonds. The lowest BCUT2D eigenvalue weighted by Gasteiger charge is -2.12. The van der Waals surface area contributed by atoms with Crippen molar-refractivity contribution in [1.82, 2.24) is 5.32 Å². The second-order valence-corrected chi connectivity index (χ2v) is 5.79. The smallest absolute Gasteiger partial charge is 0.326 e. The number of sulfone groups is 1. The van der Waals surface area contributed by atoms with Gasteiger partial charge in [0.05, 0.1) is 0 Å². The second-order valence-electron chi connectivity index (χ2n) is 3.44. The van der Waals surface area contributed by atoms with Crippen molar-refractivity contribution in [2.24, 2.45) is 0 Å². The molecular formula is C10H17NO5S. The molecule has 1 atom stereocenters. The summed E-state index contributed by atoms with van der Waals surface area (Å²) < 4.78 is 22.3. The summed E-state index contributed by atoms with van der Waals surface area (Å²) in [5.41, 5.74) is 0. The fraction of sp³-hybridized carbons (Fsp3) is 0.600. The van der Waals surface area contributed by atoms with Crippen molar-refractivity contribution in [2.75, 3.05) is 11.5 Å². The van der Waals surface area contributed by atoms with Crippen LogP contribution in [0.2, 0.25) is 0 Å². The van der Waals surface area contributed by atoms with Crippen LogP contribution in [0.1, 0.15) is 20.3 Å². The summed E-state index contributed by atoms with van der Waals surface area (Å²) in [5, 5.41) is 11.0. The first-order valence-electron chi connectivity index (χ1n) is 5.16. The number of carboxylic acid groups (broad SMARTS) is 1. The van der Waals surface area contributed by atoms with Crippen molar-refractivity contribution in [3.8, 4) is 0 Å². The first-order chi connectivity index (χ1) is 7.82. The van der Waals surface area contributed by atoms with E-state index in [1.807, 2.05) is 0 Å². The average Bonchev–Trinajstić information content (AvgIpc) is 2.23. The number of rotatable bonds is 7. The molecule has 0 radical (unpaired) electrons. The van der Waals surface area contributed by atoms with E-state index in [-0.39, 0.29) is 12.2 Å². The number of carbonyl (C=O) groups excluding carboxylic acids is 1. The SMILES string of the molecule is C/C=C/CC(NC(=O)CS(=O)(=O)CC)C(=O)O. The molecule has 0 aliphatic rings. The summed E-state index contributed by atoms with van der Waals surface area (Å²) in [5.74, 6) is -2.80. The third kappa shape index (κ3) is 6.72. The maximum absolute atomic E-state index is 11.3. The van der Waals surface area contributed by atoms with Gasteiger partial charge in [0, 0.05) is 5.75 Å². The minimum absolute atomic E-state index is 0.129. The number of aliphatic carboxylic acids is 1. The summed E-state index contributed by atoms with van der Waals surface area (Å²) in [6.45, 7) is 3.15. The molecule has 2 N–H and O–H groups in total. The van der Waals surface area contributed by atoms with Gasteiger partial charge >= 0.3 is 5.97 Å². The van der Waals surface area contributed by atoms with Gasteiger partial charge in [0.25, 0.3) is 0 Å². The molecule has 0 aromatic rings. The Kier molecular flexibility index (Phi) is 6.48. The zero-order valence-corrected chi connectivity index (χ0v) is 10.7. The quantitative estimate of drug-likeness (QED) is 0.627. The minimum Gasteiger partial charge on any atom is -0.480 e. The van der Waals surface area contributed by atoms with Gasteiger partial charge in [-0.3, -0.25) is 4.79 Å². The van der Waals surface area contributed by atoms with Gasteiger partial charge in [-0.15, -0.1) is 0 Å². The Balaban J connectivity index is 4.47. The molecular weight excluding hydrogens is 246 g/mol. The number of allylic oxidation sites excluding steroid dienone is 1. The Morgan fingerprint density at radius 1 is 1.41 bits per heavy atom. The first kappa shape index (κ1) is 15.6. The molecule has 0 aromatic carbocycles. The maximum Gasteiger partial charge on any atom is 0.326 e. The van der Waals surface area contributed by atoms with Gasteiger partial charge in [0.2, 0.25) is 5.91 Å². The zero-order chi connectivity index (χ0) is 13.5. The van der Waals surface area contributed by atoms with Gasteiger partial charge in [-0.1, -0.05) is 19.1 Å². The van der Waals surface area contributed by atoms with E-state index in [9.17, 15) is 18.0 Å². The summed E-state index contributed by atoms with van der Waals surface area (Å²) in [4.78, 5) is 22.1. The molecule has 98 valence electrons. The molecule has 0 saturated heterocycles. The Morgan fingerprint density at radius 2 is 2.00 bits per heavy atom. The molecule has 0 aliphatic carbocycles. The van der Waals surface area contributed by atoms with E-state index >= 15 is 0 Å². The number of carboxylic acids is 1. The second kappa shape index (κ2) is 7.05. The predicted molar refractivity (Wildman–Crippen MR) is 63.3 cm³/mol. The first-order valence-corrected chi connectivity index (χ1v) is 6.98. The van der Waals surface area contributed by atoms with Crippen molar-refractivity contribution < 1.29 is 23.1 Å². The fourth-order valence-electron chi connectivity index (χ4n) is 1.03. The number of amides is 1. The van der Waals surface area contributed by atoms with Crippen molar-refractivity contribution in [3.05, 3.63) is 12.2 Å². The Bertz CT molecular complexity index is 399. The largest absolute Gasteiger partial charge is 0.480 e. The van der Waals surface area contributed by atoms with Gasteiger partial charge in [0.15, 0.2) is 9.84 Å². The van der Waals surface area contributed by atoms with Crippen molar-refractivity contribution in [1.29, 1.82) is 0 Å². The summed E-state index contributed by atoms with van der Waals surface area (Å²) in [7, 11) is -3.43. The van der Waals surface area contributed by atoms with Crippen LogP contribution in [0.25, 0.3) is 0 Å². The van der Waals surface area contributed by atoms with Crippen LogP contribution in [-0.4, -0.2) is 42.9 Å². The Morgan fingerprint density at radius 3 is 2.41 bits per heavy atom. The molecule has 0 aliphatic heterocycles. The number of hydrogen-bond donors (Lipinski definition) is 2. The predicted octanol–water partition coefficient (Wildman–Crippen LogP) is -0.0433. The molecule has 7 heteroatoms. The third-order valence-corrected chi connectivity index (χ3v) is 3.61. The highest BCUT2D eigenvalue weighted by Gasteiger charge is 2.21. The van der Waals surface area contributed by atoms with E-state index in [4.69, 9.17) is 5.11 Å². The lowest BCUT2D eigenvalue weighted by atomic mass is 10.2. The standard InChI is InChI=1S/C10H17NO5S/c1-3-5-6-8(10(13)14)11-9(12)7-17(15,16)4-2/h3,5,8H,4,6-7H2,1-2H3,(H,11,12)(H,13,14)/b5-3+. The van der Waals surface area contributed by atoms with Gasteiger partial charge in [-0.2, -0.15) is 0 Å². The van der Waals surface area contributed by atoms with Crippen LogP contribution in [0.4, 0.5) is 0 Å². The van der Waals surface area contributed by atoms with Crippen molar-refractivity contribution in [3.63, 3.8) is 0 Å². The lowest BCUT2D eigenvalue weighted by Crippen LogP contribution is -2.43. The molecule has 1 unspecified atom stereocenters. The molecule has 0 saturated carbocycles. The molecule has 0 fully saturated rings. The Hall–Kier alpha value is -1.37. The Labute approximate surface area is 101 Å². The van der Waals surface area contributed by atoms with E-state index in [0.717, 1.165) is 0 Å². The van der Waals surface area contributed by atoms with E-state index in [2.05, 4.69) is 5.32 Å². The van der Waals surface area contributed by atoms with Gasteiger partial charge in [-0.05, 0) is 13.3 Å².